The minimum atomic E-state index is 0.119. The van der Waals surface area contributed by atoms with Gasteiger partial charge in [-0.1, -0.05) is 26.0 Å². The molecule has 18 heavy (non-hydrogen) atoms. The number of hydrogen-bond acceptors (Lipinski definition) is 4. The first-order chi connectivity index (χ1) is 8.61. The highest BCUT2D eigenvalue weighted by Crippen LogP contribution is 2.25. The SMILES string of the molecule is CNc1nc(OC(C)C(C)C)c2ccccc2n1. The number of fused-ring (bicyclic) bond motifs is 1. The van der Waals surface area contributed by atoms with E-state index in [-0.39, 0.29) is 6.10 Å². The highest BCUT2D eigenvalue weighted by Gasteiger charge is 2.13. The lowest BCUT2D eigenvalue weighted by atomic mass is 10.1. The Hall–Kier alpha value is -1.84. The number of aromatic nitrogens is 2. The Morgan fingerprint density at radius 2 is 1.83 bits per heavy atom. The van der Waals surface area contributed by atoms with Crippen molar-refractivity contribution in [2.24, 2.45) is 5.92 Å². The van der Waals surface area contributed by atoms with Gasteiger partial charge >= 0.3 is 0 Å². The highest BCUT2D eigenvalue weighted by atomic mass is 16.5. The Morgan fingerprint density at radius 1 is 1.11 bits per heavy atom. The van der Waals surface area contributed by atoms with Crippen molar-refractivity contribution in [3.8, 4) is 5.88 Å². The largest absolute Gasteiger partial charge is 0.474 e. The Labute approximate surface area is 107 Å². The van der Waals surface area contributed by atoms with E-state index in [2.05, 4.69) is 36.1 Å². The number of nitrogens with zero attached hydrogens (tertiary/aromatic N) is 2. The molecule has 1 heterocycles. The van der Waals surface area contributed by atoms with Crippen LogP contribution in [0.15, 0.2) is 24.3 Å². The van der Waals surface area contributed by atoms with E-state index in [1.54, 1.807) is 7.05 Å². The first-order valence-corrected chi connectivity index (χ1v) is 6.23. The maximum Gasteiger partial charge on any atom is 0.226 e. The zero-order chi connectivity index (χ0) is 13.1. The van der Waals surface area contributed by atoms with E-state index in [0.717, 1.165) is 10.9 Å². The molecule has 0 radical (unpaired) electrons. The topological polar surface area (TPSA) is 47.0 Å². The molecule has 2 rings (SSSR count). The van der Waals surface area contributed by atoms with E-state index in [4.69, 9.17) is 4.74 Å². The summed E-state index contributed by atoms with van der Waals surface area (Å²) in [5, 5.41) is 3.91. The van der Waals surface area contributed by atoms with Crippen molar-refractivity contribution in [1.82, 2.24) is 9.97 Å². The number of anilines is 1. The normalized spacial score (nSPS) is 12.7. The van der Waals surface area contributed by atoms with Crippen molar-refractivity contribution in [2.75, 3.05) is 12.4 Å². The molecule has 0 bridgehead atoms. The molecule has 0 aliphatic heterocycles. The summed E-state index contributed by atoms with van der Waals surface area (Å²) in [6.45, 7) is 6.32. The van der Waals surface area contributed by atoms with Crippen LogP contribution in [0.1, 0.15) is 20.8 Å². The lowest BCUT2D eigenvalue weighted by molar-refractivity contribution is 0.166. The summed E-state index contributed by atoms with van der Waals surface area (Å²) < 4.78 is 5.94. The molecule has 2 aromatic rings. The monoisotopic (exact) mass is 245 g/mol. The predicted octanol–water partition coefficient (Wildman–Crippen LogP) is 3.09. The quantitative estimate of drug-likeness (QED) is 0.899. The van der Waals surface area contributed by atoms with Crippen molar-refractivity contribution in [3.63, 3.8) is 0 Å². The lowest BCUT2D eigenvalue weighted by Crippen LogP contribution is -2.19. The van der Waals surface area contributed by atoms with Crippen LogP contribution in [0, 0.1) is 5.92 Å². The van der Waals surface area contributed by atoms with Crippen LogP contribution in [0.4, 0.5) is 5.95 Å². The average molecular weight is 245 g/mol. The zero-order valence-electron chi connectivity index (χ0n) is 11.3. The maximum atomic E-state index is 5.94. The molecule has 4 nitrogen and oxygen atoms in total. The summed E-state index contributed by atoms with van der Waals surface area (Å²) in [5.41, 5.74) is 0.891. The second-order valence-corrected chi connectivity index (χ2v) is 4.69. The van der Waals surface area contributed by atoms with Gasteiger partial charge in [0.05, 0.1) is 17.0 Å². The van der Waals surface area contributed by atoms with E-state index in [9.17, 15) is 0 Å². The molecule has 0 saturated heterocycles. The first-order valence-electron chi connectivity index (χ1n) is 6.23. The molecule has 0 fully saturated rings. The van der Waals surface area contributed by atoms with Gasteiger partial charge in [-0.05, 0) is 25.0 Å². The van der Waals surface area contributed by atoms with Crippen LogP contribution < -0.4 is 10.1 Å². The van der Waals surface area contributed by atoms with Crippen molar-refractivity contribution < 1.29 is 4.74 Å². The fraction of sp³-hybridized carbons (Fsp3) is 0.429. The molecule has 4 heteroatoms. The van der Waals surface area contributed by atoms with Gasteiger partial charge in [-0.2, -0.15) is 4.98 Å². The van der Waals surface area contributed by atoms with Crippen molar-refractivity contribution >= 4 is 16.9 Å². The Morgan fingerprint density at radius 3 is 2.50 bits per heavy atom. The van der Waals surface area contributed by atoms with Gasteiger partial charge in [0.25, 0.3) is 0 Å². The third kappa shape index (κ3) is 2.53. The number of para-hydroxylation sites is 1. The summed E-state index contributed by atoms with van der Waals surface area (Å²) in [5.74, 6) is 1.67. The third-order valence-corrected chi connectivity index (χ3v) is 3.03. The number of benzene rings is 1. The van der Waals surface area contributed by atoms with Crippen LogP contribution in [0.5, 0.6) is 5.88 Å². The fourth-order valence-electron chi connectivity index (χ4n) is 1.56. The molecule has 0 saturated carbocycles. The van der Waals surface area contributed by atoms with Crippen LogP contribution in [-0.2, 0) is 0 Å². The van der Waals surface area contributed by atoms with Gasteiger partial charge in [0.2, 0.25) is 11.8 Å². The van der Waals surface area contributed by atoms with Crippen LogP contribution in [0.2, 0.25) is 0 Å². The highest BCUT2D eigenvalue weighted by molar-refractivity contribution is 5.84. The van der Waals surface area contributed by atoms with Gasteiger partial charge in [-0.3, -0.25) is 0 Å². The predicted molar refractivity (Wildman–Crippen MR) is 74.0 cm³/mol. The lowest BCUT2D eigenvalue weighted by Gasteiger charge is -2.18. The van der Waals surface area contributed by atoms with E-state index < -0.39 is 0 Å². The van der Waals surface area contributed by atoms with E-state index >= 15 is 0 Å². The second-order valence-electron chi connectivity index (χ2n) is 4.69. The Bertz CT molecular complexity index is 540. The van der Waals surface area contributed by atoms with Gasteiger partial charge in [-0.25, -0.2) is 4.98 Å². The molecule has 1 N–H and O–H groups in total. The Balaban J connectivity index is 2.47. The molecule has 0 spiro atoms. The molecule has 0 amide bonds. The van der Waals surface area contributed by atoms with Gasteiger partial charge < -0.3 is 10.1 Å². The van der Waals surface area contributed by atoms with Crippen molar-refractivity contribution in [2.45, 2.75) is 26.9 Å². The van der Waals surface area contributed by atoms with Crippen LogP contribution in [-0.4, -0.2) is 23.1 Å². The molecule has 1 aromatic heterocycles. The van der Waals surface area contributed by atoms with Crippen LogP contribution >= 0.6 is 0 Å². The summed E-state index contributed by atoms with van der Waals surface area (Å²) in [6.07, 6.45) is 0.119. The maximum absolute atomic E-state index is 5.94. The number of hydrogen-bond donors (Lipinski definition) is 1. The minimum Gasteiger partial charge on any atom is -0.474 e. The van der Waals surface area contributed by atoms with Gasteiger partial charge in [0, 0.05) is 7.05 Å². The second kappa shape index (κ2) is 5.21. The third-order valence-electron chi connectivity index (χ3n) is 3.03. The fourth-order valence-corrected chi connectivity index (χ4v) is 1.56. The molecule has 0 aliphatic rings. The smallest absolute Gasteiger partial charge is 0.226 e. The Kier molecular flexibility index (Phi) is 3.65. The van der Waals surface area contributed by atoms with Crippen LogP contribution in [0.3, 0.4) is 0 Å². The summed E-state index contributed by atoms with van der Waals surface area (Å²) >= 11 is 0. The number of rotatable bonds is 4. The number of nitrogens with one attached hydrogen (secondary N) is 1. The molecule has 1 unspecified atom stereocenters. The first kappa shape index (κ1) is 12.6. The number of ether oxygens (including phenoxy) is 1. The molecule has 0 aliphatic carbocycles. The van der Waals surface area contributed by atoms with Crippen molar-refractivity contribution in [1.29, 1.82) is 0 Å². The zero-order valence-corrected chi connectivity index (χ0v) is 11.3. The van der Waals surface area contributed by atoms with Gasteiger partial charge in [0.15, 0.2) is 0 Å². The molecule has 1 aromatic carbocycles. The van der Waals surface area contributed by atoms with E-state index in [1.165, 1.54) is 0 Å². The van der Waals surface area contributed by atoms with Gasteiger partial charge in [-0.15, -0.1) is 0 Å². The average Bonchev–Trinajstić information content (AvgIpc) is 2.38. The van der Waals surface area contributed by atoms with Gasteiger partial charge in [0.1, 0.15) is 0 Å². The summed E-state index contributed by atoms with van der Waals surface area (Å²) in [7, 11) is 1.81. The molecular formula is C14H19N3O. The minimum absolute atomic E-state index is 0.119. The van der Waals surface area contributed by atoms with E-state index in [0.29, 0.717) is 17.7 Å². The summed E-state index contributed by atoms with van der Waals surface area (Å²) in [4.78, 5) is 8.80. The molecule has 96 valence electrons. The molecule has 1 atom stereocenters. The van der Waals surface area contributed by atoms with Crippen molar-refractivity contribution in [3.05, 3.63) is 24.3 Å². The van der Waals surface area contributed by atoms with E-state index in [1.807, 2.05) is 24.3 Å². The molecular weight excluding hydrogens is 226 g/mol. The standard InChI is InChI=1S/C14H19N3O/c1-9(2)10(3)18-13-11-7-5-6-8-12(11)16-14(15-4)17-13/h5-10H,1-4H3,(H,15,16,17). The summed E-state index contributed by atoms with van der Waals surface area (Å²) in [6, 6.07) is 7.88. The van der Waals surface area contributed by atoms with Crippen LogP contribution in [0.25, 0.3) is 10.9 Å².